The van der Waals surface area contributed by atoms with Crippen LogP contribution in [0.5, 0.6) is 5.75 Å². The number of hydrogen-bond donors (Lipinski definition) is 2. The van der Waals surface area contributed by atoms with Crippen molar-refractivity contribution in [2.45, 2.75) is 12.8 Å². The Bertz CT molecular complexity index is 938. The van der Waals surface area contributed by atoms with Crippen molar-refractivity contribution < 1.29 is 14.7 Å². The van der Waals surface area contributed by atoms with E-state index in [1.54, 1.807) is 36.4 Å². The lowest BCUT2D eigenvalue weighted by molar-refractivity contribution is -0.110. The number of rotatable bonds is 3. The van der Waals surface area contributed by atoms with E-state index >= 15 is 0 Å². The molecule has 4 rings (SSSR count). The lowest BCUT2D eigenvalue weighted by Crippen LogP contribution is -2.03. The highest BCUT2D eigenvalue weighted by molar-refractivity contribution is 9.11. The molecule has 0 unspecified atom stereocenters. The summed E-state index contributed by atoms with van der Waals surface area (Å²) in [7, 11) is 0. The summed E-state index contributed by atoms with van der Waals surface area (Å²) in [5.41, 5.74) is 3.35. The molecule has 0 atom stereocenters. The van der Waals surface area contributed by atoms with E-state index in [4.69, 9.17) is 0 Å². The number of Topliss-reactive ketones (excluding diaryl/α,β-unsaturated/α-hetero) is 1. The Balaban J connectivity index is 1.78. The van der Waals surface area contributed by atoms with Crippen molar-refractivity contribution in [1.82, 2.24) is 0 Å². The Hall–Kier alpha value is -1.92. The molecule has 2 N–H and O–H groups in total. The van der Waals surface area contributed by atoms with Gasteiger partial charge >= 0.3 is 0 Å². The first-order valence-electron chi connectivity index (χ1n) is 7.84. The molecule has 0 saturated heterocycles. The molecule has 1 aliphatic heterocycles. The molecule has 25 heavy (non-hydrogen) atoms. The normalized spacial score (nSPS) is 17.5. The highest BCUT2D eigenvalue weighted by Gasteiger charge is 2.32. The van der Waals surface area contributed by atoms with Gasteiger partial charge in [-0.2, -0.15) is 0 Å². The summed E-state index contributed by atoms with van der Waals surface area (Å²) >= 11 is 6.58. The monoisotopic (exact) mass is 461 g/mol. The second kappa shape index (κ2) is 6.11. The minimum Gasteiger partial charge on any atom is -0.506 e. The quantitative estimate of drug-likeness (QED) is 0.498. The number of phenolic OH excluding ortho intramolecular Hbond substituents is 1. The largest absolute Gasteiger partial charge is 0.506 e. The SMILES string of the molecule is O=C1Nc2ccc(C(=O)C3CC3)cc2/C1=C/c1cc(Br)c(O)c(Br)c1. The maximum atomic E-state index is 12.4. The van der Waals surface area contributed by atoms with Gasteiger partial charge in [-0.1, -0.05) is 0 Å². The van der Waals surface area contributed by atoms with Crippen LogP contribution in [0, 0.1) is 5.92 Å². The summed E-state index contributed by atoms with van der Waals surface area (Å²) in [6, 6.07) is 8.82. The van der Waals surface area contributed by atoms with E-state index in [-0.39, 0.29) is 23.4 Å². The smallest absolute Gasteiger partial charge is 0.256 e. The fraction of sp³-hybridized carbons (Fsp3) is 0.158. The number of nitrogens with one attached hydrogen (secondary N) is 1. The summed E-state index contributed by atoms with van der Waals surface area (Å²) in [5, 5.41) is 12.7. The van der Waals surface area contributed by atoms with Crippen LogP contribution in [0.2, 0.25) is 0 Å². The van der Waals surface area contributed by atoms with Crippen molar-refractivity contribution in [3.05, 3.63) is 56.0 Å². The van der Waals surface area contributed by atoms with Gasteiger partial charge in [0.05, 0.1) is 8.95 Å². The van der Waals surface area contributed by atoms with Crippen LogP contribution in [0.25, 0.3) is 11.6 Å². The molecule has 1 fully saturated rings. The minimum atomic E-state index is -0.202. The molecule has 1 heterocycles. The summed E-state index contributed by atoms with van der Waals surface area (Å²) in [5.74, 6) is 0.193. The van der Waals surface area contributed by atoms with Crippen LogP contribution in [-0.2, 0) is 4.79 Å². The number of ketones is 1. The molecular formula is C19H13Br2NO3. The highest BCUT2D eigenvalue weighted by Crippen LogP contribution is 2.39. The van der Waals surface area contributed by atoms with Crippen LogP contribution in [0.1, 0.15) is 34.3 Å². The molecule has 4 nitrogen and oxygen atoms in total. The summed E-state index contributed by atoms with van der Waals surface area (Å²) in [4.78, 5) is 24.7. The second-order valence-corrected chi connectivity index (χ2v) is 7.95. The zero-order valence-electron chi connectivity index (χ0n) is 13.0. The van der Waals surface area contributed by atoms with Crippen molar-refractivity contribution in [2.24, 2.45) is 5.92 Å². The van der Waals surface area contributed by atoms with Crippen LogP contribution < -0.4 is 5.32 Å². The zero-order valence-corrected chi connectivity index (χ0v) is 16.1. The predicted octanol–water partition coefficient (Wildman–Crippen LogP) is 5.00. The average Bonchev–Trinajstić information content (AvgIpc) is 3.38. The van der Waals surface area contributed by atoms with Crippen molar-refractivity contribution in [3.63, 3.8) is 0 Å². The third kappa shape index (κ3) is 3.04. The Labute approximate surface area is 161 Å². The Morgan fingerprint density at radius 1 is 1.16 bits per heavy atom. The summed E-state index contributed by atoms with van der Waals surface area (Å²) < 4.78 is 1.06. The first kappa shape index (κ1) is 16.5. The van der Waals surface area contributed by atoms with E-state index in [1.807, 2.05) is 0 Å². The first-order valence-corrected chi connectivity index (χ1v) is 9.42. The van der Waals surface area contributed by atoms with Crippen molar-refractivity contribution >= 4 is 60.9 Å². The van der Waals surface area contributed by atoms with Gasteiger partial charge in [0, 0.05) is 28.3 Å². The van der Waals surface area contributed by atoms with Gasteiger partial charge in [-0.3, -0.25) is 9.59 Å². The van der Waals surface area contributed by atoms with Crippen LogP contribution in [0.4, 0.5) is 5.69 Å². The van der Waals surface area contributed by atoms with Gasteiger partial charge in [-0.05, 0) is 86.7 Å². The topological polar surface area (TPSA) is 66.4 Å². The van der Waals surface area contributed by atoms with E-state index < -0.39 is 0 Å². The molecule has 6 heteroatoms. The van der Waals surface area contributed by atoms with Crippen molar-refractivity contribution in [1.29, 1.82) is 0 Å². The zero-order chi connectivity index (χ0) is 17.7. The number of anilines is 1. The van der Waals surface area contributed by atoms with Gasteiger partial charge in [0.25, 0.3) is 5.91 Å². The Kier molecular flexibility index (Phi) is 4.04. The number of amides is 1. The molecule has 1 saturated carbocycles. The van der Waals surface area contributed by atoms with Crippen LogP contribution in [-0.4, -0.2) is 16.8 Å². The average molecular weight is 463 g/mol. The molecule has 2 aliphatic rings. The van der Waals surface area contributed by atoms with Crippen LogP contribution in [0.3, 0.4) is 0 Å². The van der Waals surface area contributed by atoms with Crippen LogP contribution in [0.15, 0.2) is 39.3 Å². The third-order valence-electron chi connectivity index (χ3n) is 4.39. The number of hydrogen-bond acceptors (Lipinski definition) is 3. The molecule has 2 aromatic carbocycles. The maximum absolute atomic E-state index is 12.4. The maximum Gasteiger partial charge on any atom is 0.256 e. The number of carbonyl (C=O) groups is 2. The lowest BCUT2D eigenvalue weighted by atomic mass is 9.99. The molecule has 2 aromatic rings. The number of phenols is 1. The molecule has 0 bridgehead atoms. The Morgan fingerprint density at radius 2 is 1.84 bits per heavy atom. The summed E-state index contributed by atoms with van der Waals surface area (Å²) in [6.07, 6.45) is 3.65. The van der Waals surface area contributed by atoms with E-state index in [0.29, 0.717) is 25.8 Å². The second-order valence-electron chi connectivity index (χ2n) is 6.24. The van der Waals surface area contributed by atoms with Gasteiger partial charge in [0.2, 0.25) is 0 Å². The minimum absolute atomic E-state index is 0.107. The molecule has 1 aliphatic carbocycles. The fourth-order valence-corrected chi connectivity index (χ4v) is 4.12. The van der Waals surface area contributed by atoms with Crippen molar-refractivity contribution in [3.8, 4) is 5.75 Å². The van der Waals surface area contributed by atoms with E-state index in [9.17, 15) is 14.7 Å². The summed E-state index contributed by atoms with van der Waals surface area (Å²) in [6.45, 7) is 0. The highest BCUT2D eigenvalue weighted by atomic mass is 79.9. The van der Waals surface area contributed by atoms with Gasteiger partial charge in [0.1, 0.15) is 5.75 Å². The molecular weight excluding hydrogens is 450 g/mol. The molecule has 0 spiro atoms. The van der Waals surface area contributed by atoms with Gasteiger partial charge < -0.3 is 10.4 Å². The standard InChI is InChI=1S/C19H13Br2NO3/c20-14-6-9(7-15(21)18(14)24)5-13-12-8-11(17(23)10-1-2-10)3-4-16(12)22-19(13)25/h3-8,10,24H,1-2H2,(H,22,25)/b13-5-. The molecule has 126 valence electrons. The Morgan fingerprint density at radius 3 is 2.48 bits per heavy atom. The first-order chi connectivity index (χ1) is 11.9. The molecule has 0 radical (unpaired) electrons. The third-order valence-corrected chi connectivity index (χ3v) is 5.59. The van der Waals surface area contributed by atoms with Gasteiger partial charge in [-0.25, -0.2) is 0 Å². The van der Waals surface area contributed by atoms with Crippen molar-refractivity contribution in [2.75, 3.05) is 5.32 Å². The number of benzene rings is 2. The van der Waals surface area contributed by atoms with E-state index in [0.717, 1.165) is 24.0 Å². The molecule has 0 aromatic heterocycles. The number of halogens is 2. The number of aromatic hydroxyl groups is 1. The van der Waals surface area contributed by atoms with Gasteiger partial charge in [0.15, 0.2) is 5.78 Å². The fourth-order valence-electron chi connectivity index (χ4n) is 2.90. The van der Waals surface area contributed by atoms with Gasteiger partial charge in [-0.15, -0.1) is 0 Å². The number of carbonyl (C=O) groups excluding carboxylic acids is 2. The molecule has 1 amide bonds. The lowest BCUT2D eigenvalue weighted by Gasteiger charge is -2.05. The number of fused-ring (bicyclic) bond motifs is 1. The predicted molar refractivity (Wildman–Crippen MR) is 104 cm³/mol. The van der Waals surface area contributed by atoms with Crippen LogP contribution >= 0.6 is 31.9 Å². The van der Waals surface area contributed by atoms with E-state index in [2.05, 4.69) is 37.2 Å². The van der Waals surface area contributed by atoms with E-state index in [1.165, 1.54) is 0 Å².